The summed E-state index contributed by atoms with van der Waals surface area (Å²) in [5.41, 5.74) is 0.371. The van der Waals surface area contributed by atoms with Gasteiger partial charge in [-0.05, 0) is 37.5 Å². The van der Waals surface area contributed by atoms with E-state index in [1.54, 1.807) is 11.9 Å². The maximum Gasteiger partial charge on any atom is 0.258 e. The molecule has 0 atom stereocenters. The Bertz CT molecular complexity index is 1070. The van der Waals surface area contributed by atoms with E-state index in [0.29, 0.717) is 62.1 Å². The number of nitrogens with zero attached hydrogens (tertiary/aromatic N) is 2. The molecule has 2 aromatic rings. The summed E-state index contributed by atoms with van der Waals surface area (Å²) in [6, 6.07) is 3.88. The van der Waals surface area contributed by atoms with Crippen molar-refractivity contribution in [1.82, 2.24) is 20.2 Å². The SMILES string of the molecule is CN/C=C(\C=N)C(=O)C1CCN(C(=O)CCCc2nc3ccc(F)cc3c(=O)[nH]2)CC1. The number of hydrogen-bond acceptors (Lipinski definition) is 6. The molecular weight excluding hydrogens is 401 g/mol. The molecule has 0 spiro atoms. The smallest absolute Gasteiger partial charge is 0.258 e. The number of fused-ring (bicyclic) bond motifs is 1. The Morgan fingerprint density at radius 1 is 1.35 bits per heavy atom. The Labute approximate surface area is 179 Å². The van der Waals surface area contributed by atoms with Crippen LogP contribution in [0.4, 0.5) is 4.39 Å². The van der Waals surface area contributed by atoms with Crippen LogP contribution in [0.5, 0.6) is 0 Å². The molecule has 3 rings (SSSR count). The second kappa shape index (κ2) is 10.1. The number of Topliss-reactive ketones (excluding diaryl/α,β-unsaturated/α-hetero) is 1. The molecule has 0 bridgehead atoms. The summed E-state index contributed by atoms with van der Waals surface area (Å²) in [6.45, 7) is 1.02. The zero-order chi connectivity index (χ0) is 22.4. The third-order valence-corrected chi connectivity index (χ3v) is 5.48. The number of aromatic amines is 1. The molecular formula is C22H26FN5O3. The highest BCUT2D eigenvalue weighted by atomic mass is 19.1. The van der Waals surface area contributed by atoms with Crippen molar-refractivity contribution in [3.05, 3.63) is 52.0 Å². The van der Waals surface area contributed by atoms with Gasteiger partial charge in [0.05, 0.1) is 16.5 Å². The highest BCUT2D eigenvalue weighted by molar-refractivity contribution is 6.13. The van der Waals surface area contributed by atoms with Crippen LogP contribution in [0.15, 0.2) is 34.8 Å². The number of allylic oxidation sites excluding steroid dienone is 1. The minimum Gasteiger partial charge on any atom is -0.393 e. The lowest BCUT2D eigenvalue weighted by Gasteiger charge is -2.31. The fraction of sp³-hybridized carbons (Fsp3) is 0.409. The lowest BCUT2D eigenvalue weighted by atomic mass is 9.89. The Morgan fingerprint density at radius 2 is 2.10 bits per heavy atom. The van der Waals surface area contributed by atoms with E-state index in [2.05, 4.69) is 15.3 Å². The number of carbonyl (C=O) groups is 2. The van der Waals surface area contributed by atoms with Crippen molar-refractivity contribution in [2.24, 2.45) is 5.92 Å². The first-order valence-corrected chi connectivity index (χ1v) is 10.3. The number of halogens is 1. The molecule has 9 heteroatoms. The Kier molecular flexibility index (Phi) is 7.28. The van der Waals surface area contributed by atoms with Crippen LogP contribution >= 0.6 is 0 Å². The van der Waals surface area contributed by atoms with Crippen molar-refractivity contribution in [2.75, 3.05) is 20.1 Å². The van der Waals surface area contributed by atoms with E-state index in [1.807, 2.05) is 0 Å². The lowest BCUT2D eigenvalue weighted by Crippen LogP contribution is -2.40. The van der Waals surface area contributed by atoms with Crippen molar-refractivity contribution in [2.45, 2.75) is 32.1 Å². The van der Waals surface area contributed by atoms with Gasteiger partial charge in [0.1, 0.15) is 11.6 Å². The number of ketones is 1. The van der Waals surface area contributed by atoms with Gasteiger partial charge >= 0.3 is 0 Å². The van der Waals surface area contributed by atoms with Crippen molar-refractivity contribution < 1.29 is 14.0 Å². The number of likely N-dealkylation sites (tertiary alicyclic amines) is 1. The van der Waals surface area contributed by atoms with Crippen LogP contribution in [0.3, 0.4) is 0 Å². The van der Waals surface area contributed by atoms with Gasteiger partial charge < -0.3 is 20.6 Å². The zero-order valence-corrected chi connectivity index (χ0v) is 17.4. The average molecular weight is 427 g/mol. The third kappa shape index (κ3) is 5.42. The van der Waals surface area contributed by atoms with E-state index in [4.69, 9.17) is 5.41 Å². The predicted molar refractivity (Wildman–Crippen MR) is 115 cm³/mol. The van der Waals surface area contributed by atoms with Crippen LogP contribution in [-0.2, 0) is 16.0 Å². The van der Waals surface area contributed by atoms with E-state index in [0.717, 1.165) is 12.3 Å². The number of rotatable bonds is 8. The van der Waals surface area contributed by atoms with Crippen LogP contribution in [0.2, 0.25) is 0 Å². The fourth-order valence-corrected chi connectivity index (χ4v) is 3.81. The van der Waals surface area contributed by atoms with Crippen molar-refractivity contribution in [3.63, 3.8) is 0 Å². The van der Waals surface area contributed by atoms with Crippen LogP contribution in [0.25, 0.3) is 10.9 Å². The minimum absolute atomic E-state index is 0.00847. The number of piperidine rings is 1. The van der Waals surface area contributed by atoms with Crippen molar-refractivity contribution in [3.8, 4) is 0 Å². The van der Waals surface area contributed by atoms with E-state index in [9.17, 15) is 18.8 Å². The first kappa shape index (κ1) is 22.3. The van der Waals surface area contributed by atoms with Gasteiger partial charge in [-0.2, -0.15) is 0 Å². The molecule has 1 amide bonds. The molecule has 1 aliphatic rings. The fourth-order valence-electron chi connectivity index (χ4n) is 3.81. The Hall–Kier alpha value is -3.36. The maximum absolute atomic E-state index is 13.3. The van der Waals surface area contributed by atoms with Gasteiger partial charge in [0.2, 0.25) is 5.91 Å². The molecule has 2 heterocycles. The van der Waals surface area contributed by atoms with Crippen molar-refractivity contribution >= 4 is 28.8 Å². The topological polar surface area (TPSA) is 119 Å². The molecule has 1 aromatic carbocycles. The van der Waals surface area contributed by atoms with E-state index < -0.39 is 11.4 Å². The van der Waals surface area contributed by atoms with Gasteiger partial charge in [-0.3, -0.25) is 14.4 Å². The Balaban J connectivity index is 1.50. The zero-order valence-electron chi connectivity index (χ0n) is 17.4. The summed E-state index contributed by atoms with van der Waals surface area (Å²) in [5, 5.41) is 10.3. The maximum atomic E-state index is 13.3. The van der Waals surface area contributed by atoms with E-state index in [-0.39, 0.29) is 23.0 Å². The third-order valence-electron chi connectivity index (χ3n) is 5.48. The molecule has 3 N–H and O–H groups in total. The molecule has 8 nitrogen and oxygen atoms in total. The molecule has 0 aliphatic carbocycles. The van der Waals surface area contributed by atoms with Gasteiger partial charge in [0, 0.05) is 51.3 Å². The number of aryl methyl sites for hydroxylation is 1. The number of H-pyrrole nitrogens is 1. The second-order valence-electron chi connectivity index (χ2n) is 7.58. The average Bonchev–Trinajstić information content (AvgIpc) is 2.77. The molecule has 0 unspecified atom stereocenters. The lowest BCUT2D eigenvalue weighted by molar-refractivity contribution is -0.134. The summed E-state index contributed by atoms with van der Waals surface area (Å²) in [7, 11) is 1.68. The molecule has 0 saturated carbocycles. The minimum atomic E-state index is -0.490. The van der Waals surface area contributed by atoms with Gasteiger partial charge in [-0.25, -0.2) is 9.37 Å². The molecule has 1 fully saturated rings. The van der Waals surface area contributed by atoms with E-state index in [1.165, 1.54) is 18.3 Å². The quantitative estimate of drug-likeness (QED) is 0.439. The summed E-state index contributed by atoms with van der Waals surface area (Å²) in [6.07, 6.45) is 5.00. The number of nitrogens with one attached hydrogen (secondary N) is 3. The molecule has 0 radical (unpaired) electrons. The number of benzene rings is 1. The predicted octanol–water partition coefficient (Wildman–Crippen LogP) is 1.95. The molecule has 164 valence electrons. The number of hydrogen-bond donors (Lipinski definition) is 3. The first-order chi connectivity index (χ1) is 14.9. The molecule has 1 aliphatic heterocycles. The number of aromatic nitrogens is 2. The van der Waals surface area contributed by atoms with E-state index >= 15 is 0 Å². The van der Waals surface area contributed by atoms with Crippen LogP contribution in [0.1, 0.15) is 31.5 Å². The van der Waals surface area contributed by atoms with Crippen LogP contribution < -0.4 is 10.9 Å². The number of amides is 1. The largest absolute Gasteiger partial charge is 0.393 e. The normalized spacial score (nSPS) is 15.2. The molecule has 1 saturated heterocycles. The summed E-state index contributed by atoms with van der Waals surface area (Å²) < 4.78 is 13.3. The van der Waals surface area contributed by atoms with Gasteiger partial charge in [0.15, 0.2) is 5.78 Å². The monoisotopic (exact) mass is 427 g/mol. The molecule has 1 aromatic heterocycles. The Morgan fingerprint density at radius 3 is 2.77 bits per heavy atom. The summed E-state index contributed by atoms with van der Waals surface area (Å²) in [5.74, 6) is -0.258. The number of carbonyl (C=O) groups excluding carboxylic acids is 2. The van der Waals surface area contributed by atoms with Crippen molar-refractivity contribution in [1.29, 1.82) is 5.41 Å². The first-order valence-electron chi connectivity index (χ1n) is 10.3. The summed E-state index contributed by atoms with van der Waals surface area (Å²) in [4.78, 5) is 45.8. The molecule has 31 heavy (non-hydrogen) atoms. The highest BCUT2D eigenvalue weighted by Gasteiger charge is 2.28. The van der Waals surface area contributed by atoms with Crippen LogP contribution in [0, 0.1) is 17.1 Å². The van der Waals surface area contributed by atoms with Gasteiger partial charge in [0.25, 0.3) is 5.56 Å². The second-order valence-corrected chi connectivity index (χ2v) is 7.58. The standard InChI is InChI=1S/C22H26FN5O3/c1-25-13-15(12-24)21(30)14-7-9-28(10-8-14)20(29)4-2-3-19-26-18-6-5-16(23)11-17(18)22(31)27-19/h5-6,11-14,24-25H,2-4,7-10H2,1H3,(H,26,27,31)/b15-13+,24-12?. The van der Waals surface area contributed by atoms with Gasteiger partial charge in [-0.15, -0.1) is 0 Å². The van der Waals surface area contributed by atoms with Gasteiger partial charge in [-0.1, -0.05) is 0 Å². The summed E-state index contributed by atoms with van der Waals surface area (Å²) >= 11 is 0. The highest BCUT2D eigenvalue weighted by Crippen LogP contribution is 2.21. The van der Waals surface area contributed by atoms with Crippen LogP contribution in [-0.4, -0.2) is 52.9 Å².